The summed E-state index contributed by atoms with van der Waals surface area (Å²) in [4.78, 5) is 20.5. The molecular weight excluding hydrogens is 497 g/mol. The number of nitriles is 1. The van der Waals surface area contributed by atoms with Gasteiger partial charge in [0.25, 0.3) is 0 Å². The van der Waals surface area contributed by atoms with Crippen molar-refractivity contribution in [2.24, 2.45) is 0 Å². The number of anilines is 3. The SMILES string of the molecule is C[C@@H]1CN(c2ccc(C#N)c3ncccc23)C[C@H](CN2CCN(c3ccnc(N[C@H]4CNC[C@H]4F)n3)CC2)O1. The third-order valence-corrected chi connectivity index (χ3v) is 7.79. The standard InChI is InChI=1S/C28H34FN9O/c1-19-16-38(25-5-4-20(13-30)27-22(25)3-2-7-32-27)18-21(39-19)17-36-9-11-37(12-10-36)26-6-8-33-28(35-26)34-24-15-31-14-23(24)29/h2-8,19,21,23-24,31H,9-12,14-18H2,1H3,(H,33,34,35)/t19-,21+,23-,24+/m1/s1. The van der Waals surface area contributed by atoms with E-state index in [0.29, 0.717) is 24.6 Å². The third kappa shape index (κ3) is 5.59. The van der Waals surface area contributed by atoms with Crippen LogP contribution >= 0.6 is 0 Å². The third-order valence-electron chi connectivity index (χ3n) is 7.79. The lowest BCUT2D eigenvalue weighted by Crippen LogP contribution is -2.54. The quantitative estimate of drug-likeness (QED) is 0.491. The van der Waals surface area contributed by atoms with E-state index in [1.807, 2.05) is 30.3 Å². The number of ether oxygens (including phenoxy) is 1. The van der Waals surface area contributed by atoms with Crippen molar-refractivity contribution in [3.8, 4) is 6.07 Å². The number of rotatable bonds is 6. The molecular formula is C28H34FN9O. The lowest BCUT2D eigenvalue weighted by molar-refractivity contribution is -0.0327. The van der Waals surface area contributed by atoms with Crippen LogP contribution in [-0.2, 0) is 4.74 Å². The molecule has 11 heteroatoms. The van der Waals surface area contributed by atoms with E-state index in [-0.39, 0.29) is 18.2 Å². The number of piperazine rings is 1. The van der Waals surface area contributed by atoms with Crippen molar-refractivity contribution in [2.45, 2.75) is 31.3 Å². The van der Waals surface area contributed by atoms with Gasteiger partial charge >= 0.3 is 0 Å². The number of nitrogens with one attached hydrogen (secondary N) is 2. The van der Waals surface area contributed by atoms with E-state index < -0.39 is 6.17 Å². The predicted octanol–water partition coefficient (Wildman–Crippen LogP) is 2.03. The van der Waals surface area contributed by atoms with Gasteiger partial charge < -0.3 is 25.2 Å². The number of benzene rings is 1. The zero-order valence-corrected chi connectivity index (χ0v) is 22.1. The molecule has 0 saturated carbocycles. The van der Waals surface area contributed by atoms with E-state index in [1.54, 1.807) is 12.4 Å². The Labute approximate surface area is 227 Å². The fourth-order valence-corrected chi connectivity index (χ4v) is 5.86. The van der Waals surface area contributed by atoms with Crippen molar-refractivity contribution >= 4 is 28.4 Å². The number of halogens is 1. The number of morpholine rings is 1. The second-order valence-corrected chi connectivity index (χ2v) is 10.6. The van der Waals surface area contributed by atoms with E-state index in [9.17, 15) is 9.65 Å². The Morgan fingerprint density at radius 2 is 1.95 bits per heavy atom. The summed E-state index contributed by atoms with van der Waals surface area (Å²) in [6.45, 7) is 9.01. The Morgan fingerprint density at radius 1 is 1.08 bits per heavy atom. The first-order valence-corrected chi connectivity index (χ1v) is 13.7. The van der Waals surface area contributed by atoms with Crippen molar-refractivity contribution in [1.82, 2.24) is 25.2 Å². The molecule has 3 aromatic rings. The maximum Gasteiger partial charge on any atom is 0.224 e. The molecule has 39 heavy (non-hydrogen) atoms. The van der Waals surface area contributed by atoms with Crippen LogP contribution in [0.4, 0.5) is 21.8 Å². The second-order valence-electron chi connectivity index (χ2n) is 10.6. The highest BCUT2D eigenvalue weighted by Crippen LogP contribution is 2.30. The summed E-state index contributed by atoms with van der Waals surface area (Å²) in [5.41, 5.74) is 2.44. The zero-order valence-electron chi connectivity index (χ0n) is 22.1. The van der Waals surface area contributed by atoms with Gasteiger partial charge in [0.2, 0.25) is 5.95 Å². The second kappa shape index (κ2) is 11.3. The molecule has 0 radical (unpaired) electrons. The first-order chi connectivity index (χ1) is 19.1. The molecule has 2 aromatic heterocycles. The molecule has 3 fully saturated rings. The van der Waals surface area contributed by atoms with E-state index in [0.717, 1.165) is 68.2 Å². The maximum absolute atomic E-state index is 14.0. The maximum atomic E-state index is 14.0. The highest BCUT2D eigenvalue weighted by Gasteiger charge is 2.30. The molecule has 5 heterocycles. The molecule has 3 aliphatic rings. The molecule has 2 N–H and O–H groups in total. The summed E-state index contributed by atoms with van der Waals surface area (Å²) in [5.74, 6) is 1.34. The van der Waals surface area contributed by atoms with Crippen LogP contribution in [0.2, 0.25) is 0 Å². The van der Waals surface area contributed by atoms with E-state index in [4.69, 9.17) is 4.74 Å². The van der Waals surface area contributed by atoms with Crippen LogP contribution in [0.5, 0.6) is 0 Å². The van der Waals surface area contributed by atoms with Crippen LogP contribution in [-0.4, -0.2) is 103 Å². The van der Waals surface area contributed by atoms with Gasteiger partial charge in [-0.05, 0) is 37.3 Å². The van der Waals surface area contributed by atoms with Gasteiger partial charge in [0.05, 0.1) is 29.3 Å². The Bertz CT molecular complexity index is 1340. The van der Waals surface area contributed by atoms with Crippen LogP contribution in [0, 0.1) is 11.3 Å². The fraction of sp³-hybridized carbons (Fsp3) is 0.500. The molecule has 204 valence electrons. The number of pyridine rings is 1. The van der Waals surface area contributed by atoms with Gasteiger partial charge in [-0.15, -0.1) is 0 Å². The van der Waals surface area contributed by atoms with Crippen molar-refractivity contribution in [3.05, 3.63) is 48.3 Å². The number of fused-ring (bicyclic) bond motifs is 1. The van der Waals surface area contributed by atoms with Crippen molar-refractivity contribution in [1.29, 1.82) is 5.26 Å². The van der Waals surface area contributed by atoms with Gasteiger partial charge in [-0.25, -0.2) is 9.37 Å². The lowest BCUT2D eigenvalue weighted by Gasteiger charge is -2.42. The van der Waals surface area contributed by atoms with Crippen molar-refractivity contribution in [3.63, 3.8) is 0 Å². The highest BCUT2D eigenvalue weighted by molar-refractivity contribution is 5.95. The molecule has 3 aliphatic heterocycles. The summed E-state index contributed by atoms with van der Waals surface area (Å²) in [5, 5.41) is 16.7. The van der Waals surface area contributed by atoms with Crippen LogP contribution in [0.1, 0.15) is 12.5 Å². The van der Waals surface area contributed by atoms with Crippen LogP contribution in [0.15, 0.2) is 42.7 Å². The van der Waals surface area contributed by atoms with Gasteiger partial charge in [-0.2, -0.15) is 10.2 Å². The topological polar surface area (TPSA) is 105 Å². The van der Waals surface area contributed by atoms with E-state index in [2.05, 4.69) is 53.3 Å². The smallest absolute Gasteiger partial charge is 0.224 e. The van der Waals surface area contributed by atoms with E-state index >= 15 is 0 Å². The Balaban J connectivity index is 1.07. The minimum absolute atomic E-state index is 0.0752. The van der Waals surface area contributed by atoms with Crippen LogP contribution in [0.3, 0.4) is 0 Å². The molecule has 0 unspecified atom stereocenters. The fourth-order valence-electron chi connectivity index (χ4n) is 5.86. The molecule has 0 bridgehead atoms. The zero-order chi connectivity index (χ0) is 26.8. The first-order valence-electron chi connectivity index (χ1n) is 13.7. The number of alkyl halides is 1. The summed E-state index contributed by atoms with van der Waals surface area (Å²) >= 11 is 0. The Hall–Kier alpha value is -3.59. The molecule has 10 nitrogen and oxygen atoms in total. The average Bonchev–Trinajstić information content (AvgIpc) is 3.36. The van der Waals surface area contributed by atoms with Gasteiger partial charge in [-0.1, -0.05) is 0 Å². The molecule has 0 amide bonds. The molecule has 3 saturated heterocycles. The summed E-state index contributed by atoms with van der Waals surface area (Å²) < 4.78 is 20.4. The minimum atomic E-state index is -0.936. The minimum Gasteiger partial charge on any atom is -0.370 e. The number of aromatic nitrogens is 3. The van der Waals surface area contributed by atoms with Gasteiger partial charge in [0.1, 0.15) is 18.1 Å². The summed E-state index contributed by atoms with van der Waals surface area (Å²) in [7, 11) is 0. The highest BCUT2D eigenvalue weighted by atomic mass is 19.1. The normalized spacial score (nSPS) is 26.1. The van der Waals surface area contributed by atoms with Crippen LogP contribution < -0.4 is 20.4 Å². The van der Waals surface area contributed by atoms with Gasteiger partial charge in [0.15, 0.2) is 0 Å². The Morgan fingerprint density at radius 3 is 2.74 bits per heavy atom. The van der Waals surface area contributed by atoms with Gasteiger partial charge in [0, 0.05) is 82.4 Å². The molecule has 6 rings (SSSR count). The summed E-state index contributed by atoms with van der Waals surface area (Å²) in [6.07, 6.45) is 2.71. The monoisotopic (exact) mass is 531 g/mol. The van der Waals surface area contributed by atoms with Crippen molar-refractivity contribution < 1.29 is 9.13 Å². The molecule has 0 aliphatic carbocycles. The van der Waals surface area contributed by atoms with E-state index in [1.165, 1.54) is 0 Å². The molecule has 1 aromatic carbocycles. The van der Waals surface area contributed by atoms with Crippen LogP contribution in [0.25, 0.3) is 10.9 Å². The molecule has 0 spiro atoms. The predicted molar refractivity (Wildman–Crippen MR) is 149 cm³/mol. The van der Waals surface area contributed by atoms with Gasteiger partial charge in [-0.3, -0.25) is 9.88 Å². The lowest BCUT2D eigenvalue weighted by atomic mass is 10.1. The number of nitrogens with zero attached hydrogens (tertiary/aromatic N) is 7. The Kier molecular flexibility index (Phi) is 7.41. The largest absolute Gasteiger partial charge is 0.370 e. The first kappa shape index (κ1) is 25.7. The summed E-state index contributed by atoms with van der Waals surface area (Å²) in [6, 6.07) is 11.8. The number of hydrogen-bond donors (Lipinski definition) is 2. The molecule has 4 atom stereocenters. The number of hydrogen-bond acceptors (Lipinski definition) is 10. The average molecular weight is 532 g/mol. The van der Waals surface area contributed by atoms with Crippen molar-refractivity contribution in [2.75, 3.05) is 74.0 Å².